The molecule has 2 rings (SSSR count). The molecule has 0 aromatic heterocycles. The highest BCUT2D eigenvalue weighted by Gasteiger charge is 2.44. The summed E-state index contributed by atoms with van der Waals surface area (Å²) in [5.74, 6) is -1.80. The third-order valence-electron chi connectivity index (χ3n) is 3.52. The number of carboxylic acid groups (broad SMARTS) is 1. The Balaban J connectivity index is 2.23. The van der Waals surface area contributed by atoms with E-state index >= 15 is 0 Å². The first kappa shape index (κ1) is 12.5. The van der Waals surface area contributed by atoms with Crippen molar-refractivity contribution >= 4 is 11.7 Å². The zero-order valence-electron chi connectivity index (χ0n) is 9.56. The number of nitro groups is 1. The number of hydrogen-bond donors (Lipinski definition) is 1. The highest BCUT2D eigenvalue weighted by atomic mass is 19.1. The summed E-state index contributed by atoms with van der Waals surface area (Å²) in [7, 11) is 0. The summed E-state index contributed by atoms with van der Waals surface area (Å²) in [5.41, 5.74) is -0.917. The van der Waals surface area contributed by atoms with Crippen molar-refractivity contribution in [1.29, 1.82) is 0 Å². The highest BCUT2D eigenvalue weighted by Crippen LogP contribution is 2.44. The molecule has 0 saturated heterocycles. The van der Waals surface area contributed by atoms with Crippen molar-refractivity contribution in [3.05, 3.63) is 39.7 Å². The Morgan fingerprint density at radius 2 is 2.17 bits per heavy atom. The lowest BCUT2D eigenvalue weighted by Gasteiger charge is -2.37. The third-order valence-corrected chi connectivity index (χ3v) is 3.52. The molecule has 0 radical (unpaired) electrons. The lowest BCUT2D eigenvalue weighted by Crippen LogP contribution is -2.39. The molecular formula is C12H12FNO4. The minimum atomic E-state index is -0.919. The van der Waals surface area contributed by atoms with Gasteiger partial charge in [-0.15, -0.1) is 0 Å². The predicted octanol–water partition coefficient (Wildman–Crippen LogP) is 2.53. The molecule has 0 unspecified atom stereocenters. The quantitative estimate of drug-likeness (QED) is 0.660. The van der Waals surface area contributed by atoms with Crippen LogP contribution in [-0.2, 0) is 11.2 Å². The van der Waals surface area contributed by atoms with Crippen LogP contribution in [-0.4, -0.2) is 16.0 Å². The number of carboxylic acids is 1. The second-order valence-corrected chi connectivity index (χ2v) is 4.66. The van der Waals surface area contributed by atoms with Crippen LogP contribution in [0.25, 0.3) is 0 Å². The van der Waals surface area contributed by atoms with Crippen molar-refractivity contribution in [2.24, 2.45) is 5.41 Å². The Morgan fingerprint density at radius 1 is 1.50 bits per heavy atom. The first-order chi connectivity index (χ1) is 8.44. The van der Waals surface area contributed by atoms with Gasteiger partial charge in [-0.3, -0.25) is 14.9 Å². The highest BCUT2D eigenvalue weighted by molar-refractivity contribution is 5.76. The number of benzene rings is 1. The van der Waals surface area contributed by atoms with Gasteiger partial charge in [0.15, 0.2) is 0 Å². The van der Waals surface area contributed by atoms with Gasteiger partial charge in [0.05, 0.1) is 10.3 Å². The minimum Gasteiger partial charge on any atom is -0.481 e. The molecule has 6 heteroatoms. The second-order valence-electron chi connectivity index (χ2n) is 4.66. The van der Waals surface area contributed by atoms with Crippen LogP contribution in [0, 0.1) is 21.3 Å². The van der Waals surface area contributed by atoms with Crippen molar-refractivity contribution in [2.75, 3.05) is 0 Å². The van der Waals surface area contributed by atoms with Crippen LogP contribution in [0.1, 0.15) is 24.8 Å². The SMILES string of the molecule is O=C(O)C1(Cc2ccc([N+](=O)[O-])c(F)c2)CCC1. The van der Waals surface area contributed by atoms with Crippen molar-refractivity contribution in [3.63, 3.8) is 0 Å². The average molecular weight is 253 g/mol. The molecule has 1 saturated carbocycles. The molecule has 0 aliphatic heterocycles. The van der Waals surface area contributed by atoms with Gasteiger partial charge in [-0.25, -0.2) is 0 Å². The van der Waals surface area contributed by atoms with E-state index in [9.17, 15) is 19.3 Å². The summed E-state index contributed by atoms with van der Waals surface area (Å²) in [4.78, 5) is 20.8. The molecule has 1 aromatic rings. The van der Waals surface area contributed by atoms with E-state index < -0.39 is 27.8 Å². The maximum absolute atomic E-state index is 13.4. The first-order valence-electron chi connectivity index (χ1n) is 5.61. The van der Waals surface area contributed by atoms with E-state index in [-0.39, 0.29) is 6.42 Å². The molecule has 1 fully saturated rings. The molecule has 0 heterocycles. The third kappa shape index (κ3) is 2.05. The Morgan fingerprint density at radius 3 is 2.56 bits per heavy atom. The number of hydrogen-bond acceptors (Lipinski definition) is 3. The Hall–Kier alpha value is -1.98. The molecule has 0 atom stereocenters. The van der Waals surface area contributed by atoms with Gasteiger partial charge in [-0.1, -0.05) is 12.5 Å². The summed E-state index contributed by atoms with van der Waals surface area (Å²) < 4.78 is 13.4. The van der Waals surface area contributed by atoms with E-state index in [1.165, 1.54) is 6.07 Å². The number of halogens is 1. The molecule has 0 spiro atoms. The van der Waals surface area contributed by atoms with Crippen molar-refractivity contribution in [3.8, 4) is 0 Å². The number of aliphatic carboxylic acids is 1. The van der Waals surface area contributed by atoms with Crippen LogP contribution in [0.5, 0.6) is 0 Å². The van der Waals surface area contributed by atoms with Crippen LogP contribution in [0.4, 0.5) is 10.1 Å². The van der Waals surface area contributed by atoms with Crippen LogP contribution in [0.15, 0.2) is 18.2 Å². The monoisotopic (exact) mass is 253 g/mol. The van der Waals surface area contributed by atoms with Crippen LogP contribution < -0.4 is 0 Å². The van der Waals surface area contributed by atoms with Crippen molar-refractivity contribution in [2.45, 2.75) is 25.7 Å². The smallest absolute Gasteiger partial charge is 0.309 e. The number of nitro benzene ring substituents is 1. The maximum Gasteiger partial charge on any atom is 0.309 e. The van der Waals surface area contributed by atoms with E-state index in [0.29, 0.717) is 18.4 Å². The summed E-state index contributed by atoms with van der Waals surface area (Å²) in [5, 5.41) is 19.6. The Labute approximate surface area is 102 Å². The second kappa shape index (κ2) is 4.36. The molecule has 18 heavy (non-hydrogen) atoms. The lowest BCUT2D eigenvalue weighted by molar-refractivity contribution is -0.387. The molecule has 1 aromatic carbocycles. The van der Waals surface area contributed by atoms with Gasteiger partial charge in [0.25, 0.3) is 0 Å². The largest absolute Gasteiger partial charge is 0.481 e. The van der Waals surface area contributed by atoms with Crippen molar-refractivity contribution < 1.29 is 19.2 Å². The van der Waals surface area contributed by atoms with E-state index in [1.807, 2.05) is 0 Å². The van der Waals surface area contributed by atoms with Crippen LogP contribution in [0.3, 0.4) is 0 Å². The summed E-state index contributed by atoms with van der Waals surface area (Å²) in [6, 6.07) is 3.56. The lowest BCUT2D eigenvalue weighted by atomic mass is 9.65. The van der Waals surface area contributed by atoms with Crippen molar-refractivity contribution in [1.82, 2.24) is 0 Å². The zero-order valence-corrected chi connectivity index (χ0v) is 9.56. The van der Waals surface area contributed by atoms with Crippen LogP contribution >= 0.6 is 0 Å². The number of rotatable bonds is 4. The van der Waals surface area contributed by atoms with Gasteiger partial charge in [-0.05, 0) is 30.9 Å². The van der Waals surface area contributed by atoms with Gasteiger partial charge in [0, 0.05) is 6.07 Å². The van der Waals surface area contributed by atoms with Gasteiger partial charge < -0.3 is 5.11 Å². The predicted molar refractivity (Wildman–Crippen MR) is 60.7 cm³/mol. The Kier molecular flexibility index (Phi) is 3.02. The van der Waals surface area contributed by atoms with E-state index in [0.717, 1.165) is 18.6 Å². The molecular weight excluding hydrogens is 241 g/mol. The average Bonchev–Trinajstić information content (AvgIpc) is 2.22. The molecule has 5 nitrogen and oxygen atoms in total. The van der Waals surface area contributed by atoms with Gasteiger partial charge >= 0.3 is 11.7 Å². The fraction of sp³-hybridized carbons (Fsp3) is 0.417. The number of nitrogens with zero attached hydrogens (tertiary/aromatic N) is 1. The summed E-state index contributed by atoms with van der Waals surface area (Å²) in [6.45, 7) is 0. The molecule has 96 valence electrons. The fourth-order valence-electron chi connectivity index (χ4n) is 2.27. The maximum atomic E-state index is 13.4. The fourth-order valence-corrected chi connectivity index (χ4v) is 2.27. The number of carbonyl (C=O) groups is 1. The Bertz CT molecular complexity index is 511. The first-order valence-corrected chi connectivity index (χ1v) is 5.61. The van der Waals surface area contributed by atoms with Gasteiger partial charge in [0.2, 0.25) is 5.82 Å². The van der Waals surface area contributed by atoms with Gasteiger partial charge in [0.1, 0.15) is 0 Å². The molecule has 1 aliphatic rings. The molecule has 0 amide bonds. The molecule has 1 aliphatic carbocycles. The molecule has 1 N–H and O–H groups in total. The summed E-state index contributed by atoms with van der Waals surface area (Å²) in [6.07, 6.45) is 2.21. The van der Waals surface area contributed by atoms with Gasteiger partial charge in [-0.2, -0.15) is 4.39 Å². The normalized spacial score (nSPS) is 16.9. The zero-order chi connectivity index (χ0) is 13.3. The topological polar surface area (TPSA) is 80.4 Å². The van der Waals surface area contributed by atoms with E-state index in [4.69, 9.17) is 5.11 Å². The molecule has 0 bridgehead atoms. The standard InChI is InChI=1S/C12H12FNO4/c13-9-6-8(2-3-10(9)14(17)18)7-12(11(15)16)4-1-5-12/h2-3,6H,1,4-5,7H2,(H,15,16). The summed E-state index contributed by atoms with van der Waals surface area (Å²) >= 11 is 0. The van der Waals surface area contributed by atoms with E-state index in [1.54, 1.807) is 0 Å². The van der Waals surface area contributed by atoms with Crippen LogP contribution in [0.2, 0.25) is 0 Å². The van der Waals surface area contributed by atoms with E-state index in [2.05, 4.69) is 0 Å². The minimum absolute atomic E-state index is 0.219.